The van der Waals surface area contributed by atoms with Crippen LogP contribution >= 0.6 is 15.9 Å². The first-order valence-corrected chi connectivity index (χ1v) is 7.41. The molecule has 102 valence electrons. The zero-order valence-electron chi connectivity index (χ0n) is 11.0. The van der Waals surface area contributed by atoms with Crippen molar-refractivity contribution in [3.63, 3.8) is 0 Å². The molecular weight excluding hydrogens is 328 g/mol. The van der Waals surface area contributed by atoms with E-state index < -0.39 is 0 Å². The van der Waals surface area contributed by atoms with E-state index in [4.69, 9.17) is 0 Å². The van der Waals surface area contributed by atoms with Gasteiger partial charge in [-0.05, 0) is 24.3 Å². The number of para-hydroxylation sites is 1. The molecule has 0 saturated heterocycles. The number of aromatic nitrogens is 1. The van der Waals surface area contributed by atoms with Gasteiger partial charge in [-0.25, -0.2) is 0 Å². The summed E-state index contributed by atoms with van der Waals surface area (Å²) in [5.41, 5.74) is 4.57. The van der Waals surface area contributed by atoms with Gasteiger partial charge in [-0.1, -0.05) is 40.2 Å². The Morgan fingerprint density at radius 3 is 2.86 bits per heavy atom. The van der Waals surface area contributed by atoms with Crippen LogP contribution < -0.4 is 5.32 Å². The van der Waals surface area contributed by atoms with Crippen LogP contribution in [0, 0.1) is 0 Å². The average molecular weight is 339 g/mol. The van der Waals surface area contributed by atoms with E-state index in [-0.39, 0.29) is 5.91 Å². The van der Waals surface area contributed by atoms with Crippen LogP contribution in [0.15, 0.2) is 53.1 Å². The Bertz CT molecular complexity index is 908. The summed E-state index contributed by atoms with van der Waals surface area (Å²) in [5, 5.41) is 4.02. The second kappa shape index (κ2) is 4.60. The van der Waals surface area contributed by atoms with Crippen LogP contribution in [0.3, 0.4) is 0 Å². The van der Waals surface area contributed by atoms with Gasteiger partial charge in [-0.2, -0.15) is 0 Å². The first-order valence-electron chi connectivity index (χ1n) is 6.61. The van der Waals surface area contributed by atoms with E-state index in [0.717, 1.165) is 32.2 Å². The third-order valence-corrected chi connectivity index (χ3v) is 4.18. The van der Waals surface area contributed by atoms with Gasteiger partial charge in [-0.3, -0.25) is 4.79 Å². The molecule has 0 spiro atoms. The molecule has 1 aliphatic rings. The Morgan fingerprint density at radius 2 is 1.95 bits per heavy atom. The highest BCUT2D eigenvalue weighted by Crippen LogP contribution is 2.35. The van der Waals surface area contributed by atoms with Crippen LogP contribution in [-0.2, 0) is 4.79 Å². The number of hydrogen-bond acceptors (Lipinski definition) is 1. The molecule has 2 heterocycles. The Kier molecular flexibility index (Phi) is 2.72. The predicted octanol–water partition coefficient (Wildman–Crippen LogP) is 4.42. The number of benzene rings is 2. The highest BCUT2D eigenvalue weighted by molar-refractivity contribution is 9.10. The summed E-state index contributed by atoms with van der Waals surface area (Å²) in [6.45, 7) is 0. The zero-order chi connectivity index (χ0) is 14.4. The number of rotatable bonds is 1. The molecule has 1 aliphatic heterocycles. The summed E-state index contributed by atoms with van der Waals surface area (Å²) in [5.74, 6) is -0.0617. The van der Waals surface area contributed by atoms with Crippen molar-refractivity contribution in [1.29, 1.82) is 0 Å². The van der Waals surface area contributed by atoms with E-state index in [1.807, 2.05) is 54.7 Å². The van der Waals surface area contributed by atoms with Crippen molar-refractivity contribution in [3.8, 4) is 0 Å². The van der Waals surface area contributed by atoms with E-state index in [1.165, 1.54) is 0 Å². The summed E-state index contributed by atoms with van der Waals surface area (Å²) in [4.78, 5) is 15.4. The quantitative estimate of drug-likeness (QED) is 0.633. The van der Waals surface area contributed by atoms with Gasteiger partial charge >= 0.3 is 0 Å². The Balaban J connectivity index is 1.89. The predicted molar refractivity (Wildman–Crippen MR) is 88.9 cm³/mol. The maximum Gasteiger partial charge on any atom is 0.256 e. The molecule has 4 heteroatoms. The van der Waals surface area contributed by atoms with Crippen LogP contribution in [0.5, 0.6) is 0 Å². The fourth-order valence-electron chi connectivity index (χ4n) is 2.68. The normalized spacial score (nSPS) is 15.5. The molecule has 3 nitrogen and oxygen atoms in total. The van der Waals surface area contributed by atoms with E-state index in [0.29, 0.717) is 5.57 Å². The van der Waals surface area contributed by atoms with E-state index >= 15 is 0 Å². The molecule has 4 rings (SSSR count). The summed E-state index contributed by atoms with van der Waals surface area (Å²) >= 11 is 3.42. The minimum Gasteiger partial charge on any atom is -0.361 e. The van der Waals surface area contributed by atoms with Crippen molar-refractivity contribution >= 4 is 50.1 Å². The maximum absolute atomic E-state index is 12.2. The number of amides is 1. The second-order valence-corrected chi connectivity index (χ2v) is 5.91. The molecule has 0 fully saturated rings. The van der Waals surface area contributed by atoms with Crippen LogP contribution in [-0.4, -0.2) is 10.9 Å². The maximum atomic E-state index is 12.2. The standard InChI is InChI=1S/C17H11BrN2O/c18-11-5-6-13-14(17(21)20-16(13)8-11)7-10-9-19-15-4-2-1-3-12(10)15/h1-9,19H,(H,20,21)/b14-7+. The van der Waals surface area contributed by atoms with E-state index in [1.54, 1.807) is 0 Å². The van der Waals surface area contributed by atoms with Crippen molar-refractivity contribution in [3.05, 3.63) is 64.3 Å². The van der Waals surface area contributed by atoms with Crippen molar-refractivity contribution in [2.45, 2.75) is 0 Å². The number of fused-ring (bicyclic) bond motifs is 2. The fourth-order valence-corrected chi connectivity index (χ4v) is 3.04. The third kappa shape index (κ3) is 1.99. The van der Waals surface area contributed by atoms with E-state index in [9.17, 15) is 4.79 Å². The molecule has 1 aromatic heterocycles. The number of halogens is 1. The molecule has 0 saturated carbocycles. The smallest absolute Gasteiger partial charge is 0.256 e. The molecule has 2 N–H and O–H groups in total. The van der Waals surface area contributed by atoms with Gasteiger partial charge in [0.25, 0.3) is 5.91 Å². The van der Waals surface area contributed by atoms with Crippen LogP contribution in [0.2, 0.25) is 0 Å². The molecule has 0 radical (unpaired) electrons. The van der Waals surface area contributed by atoms with Gasteiger partial charge in [0.15, 0.2) is 0 Å². The molecule has 0 unspecified atom stereocenters. The minimum absolute atomic E-state index is 0.0617. The Labute approximate surface area is 129 Å². The molecule has 21 heavy (non-hydrogen) atoms. The molecule has 0 aliphatic carbocycles. The summed E-state index contributed by atoms with van der Waals surface area (Å²) in [6, 6.07) is 13.9. The number of H-pyrrole nitrogens is 1. The fraction of sp³-hybridized carbons (Fsp3) is 0. The number of hydrogen-bond donors (Lipinski definition) is 2. The summed E-state index contributed by atoms with van der Waals surface area (Å²) < 4.78 is 0.954. The highest BCUT2D eigenvalue weighted by atomic mass is 79.9. The molecule has 0 bridgehead atoms. The van der Waals surface area contributed by atoms with Gasteiger partial charge < -0.3 is 10.3 Å². The first kappa shape index (κ1) is 12.4. The lowest BCUT2D eigenvalue weighted by Crippen LogP contribution is -2.03. The monoisotopic (exact) mass is 338 g/mol. The topological polar surface area (TPSA) is 44.9 Å². The molecule has 2 aromatic carbocycles. The Hall–Kier alpha value is -2.33. The highest BCUT2D eigenvalue weighted by Gasteiger charge is 2.24. The Morgan fingerprint density at radius 1 is 1.10 bits per heavy atom. The third-order valence-electron chi connectivity index (χ3n) is 3.69. The van der Waals surface area contributed by atoms with Gasteiger partial charge in [0, 0.05) is 38.3 Å². The van der Waals surface area contributed by atoms with Gasteiger partial charge in [0.05, 0.1) is 5.69 Å². The zero-order valence-corrected chi connectivity index (χ0v) is 12.6. The number of carbonyl (C=O) groups is 1. The molecular formula is C17H11BrN2O. The number of nitrogens with one attached hydrogen (secondary N) is 2. The van der Waals surface area contributed by atoms with Crippen LogP contribution in [0.1, 0.15) is 11.1 Å². The van der Waals surface area contributed by atoms with Gasteiger partial charge in [0.1, 0.15) is 0 Å². The van der Waals surface area contributed by atoms with Crippen molar-refractivity contribution in [2.75, 3.05) is 5.32 Å². The molecule has 3 aromatic rings. The molecule has 1 amide bonds. The first-order chi connectivity index (χ1) is 10.2. The summed E-state index contributed by atoms with van der Waals surface area (Å²) in [7, 11) is 0. The van der Waals surface area contributed by atoms with Crippen molar-refractivity contribution < 1.29 is 4.79 Å². The number of anilines is 1. The van der Waals surface area contributed by atoms with Crippen molar-refractivity contribution in [1.82, 2.24) is 4.98 Å². The summed E-state index contributed by atoms with van der Waals surface area (Å²) in [6.07, 6.45) is 3.87. The van der Waals surface area contributed by atoms with Gasteiger partial charge in [0.2, 0.25) is 0 Å². The lowest BCUT2D eigenvalue weighted by molar-refractivity contribution is -0.110. The lowest BCUT2D eigenvalue weighted by Gasteiger charge is -1.99. The average Bonchev–Trinajstić information content (AvgIpc) is 3.01. The largest absolute Gasteiger partial charge is 0.361 e. The lowest BCUT2D eigenvalue weighted by atomic mass is 10.0. The second-order valence-electron chi connectivity index (χ2n) is 4.99. The minimum atomic E-state index is -0.0617. The van der Waals surface area contributed by atoms with E-state index in [2.05, 4.69) is 26.2 Å². The van der Waals surface area contributed by atoms with Crippen LogP contribution in [0.25, 0.3) is 22.6 Å². The number of aromatic amines is 1. The molecule has 0 atom stereocenters. The van der Waals surface area contributed by atoms with Crippen LogP contribution in [0.4, 0.5) is 5.69 Å². The van der Waals surface area contributed by atoms with Crippen molar-refractivity contribution in [2.24, 2.45) is 0 Å². The van der Waals surface area contributed by atoms with Gasteiger partial charge in [-0.15, -0.1) is 0 Å². The SMILES string of the molecule is O=C1Nc2cc(Br)ccc2/C1=C\c1c[nH]c2ccccc12. The number of carbonyl (C=O) groups excluding carboxylic acids is 1.